The summed E-state index contributed by atoms with van der Waals surface area (Å²) in [5.41, 5.74) is -0.403. The fourth-order valence-corrected chi connectivity index (χ4v) is 3.24. The van der Waals surface area contributed by atoms with E-state index in [1.165, 1.54) is 24.3 Å². The van der Waals surface area contributed by atoms with Crippen molar-refractivity contribution in [3.63, 3.8) is 0 Å². The van der Waals surface area contributed by atoms with E-state index in [0.717, 1.165) is 17.8 Å². The molecule has 1 aromatic heterocycles. The Morgan fingerprint density at radius 1 is 1.11 bits per heavy atom. The molecule has 12 heteroatoms. The van der Waals surface area contributed by atoms with E-state index in [1.807, 2.05) is 10.6 Å². The van der Waals surface area contributed by atoms with Crippen LogP contribution < -0.4 is 16.2 Å². The van der Waals surface area contributed by atoms with Crippen LogP contribution in [0, 0.1) is 17.0 Å². The summed E-state index contributed by atoms with van der Waals surface area (Å²) in [5, 5.41) is 15.2. The Morgan fingerprint density at radius 2 is 1.79 bits per heavy atom. The molecule has 3 rings (SSSR count). The van der Waals surface area contributed by atoms with Crippen LogP contribution in [-0.4, -0.2) is 32.7 Å². The lowest BCUT2D eigenvalue weighted by Gasteiger charge is -2.14. The molecule has 0 saturated carbocycles. The van der Waals surface area contributed by atoms with Crippen LogP contribution in [0.25, 0.3) is 6.08 Å². The molecule has 0 bridgehead atoms. The number of rotatable bonds is 4. The average Bonchev–Trinajstić information content (AvgIpc) is 2.58. The Hall–Kier alpha value is -3.80. The number of hydrogen-bond donors (Lipinski definition) is 3. The number of carbonyl (C=O) groups is 3. The van der Waals surface area contributed by atoms with Gasteiger partial charge in [0.1, 0.15) is 5.57 Å². The van der Waals surface area contributed by atoms with Gasteiger partial charge in [-0.05, 0) is 24.6 Å². The summed E-state index contributed by atoms with van der Waals surface area (Å²) < 4.78 is 0. The number of non-ortho nitro benzene ring substituents is 1. The van der Waals surface area contributed by atoms with Crippen molar-refractivity contribution in [2.45, 2.75) is 17.0 Å². The van der Waals surface area contributed by atoms with E-state index in [1.54, 1.807) is 6.92 Å². The lowest BCUT2D eigenvalue weighted by Crippen LogP contribution is -2.51. The summed E-state index contributed by atoms with van der Waals surface area (Å²) in [4.78, 5) is 64.2. The summed E-state index contributed by atoms with van der Waals surface area (Å²) in [7, 11) is 0. The number of aromatic nitrogens is 2. The first-order valence-corrected chi connectivity index (χ1v) is 8.47. The predicted molar refractivity (Wildman–Crippen MR) is 96.5 cm³/mol. The number of amides is 4. The molecule has 2 aromatic rings. The Morgan fingerprint density at radius 3 is 2.39 bits per heavy atom. The number of urea groups is 1. The highest BCUT2D eigenvalue weighted by molar-refractivity contribution is 7.99. The highest BCUT2D eigenvalue weighted by Crippen LogP contribution is 2.32. The molecule has 1 saturated heterocycles. The van der Waals surface area contributed by atoms with Crippen molar-refractivity contribution < 1.29 is 19.3 Å². The van der Waals surface area contributed by atoms with Gasteiger partial charge in [0.25, 0.3) is 23.1 Å². The molecule has 142 valence electrons. The second kappa shape index (κ2) is 7.44. The summed E-state index contributed by atoms with van der Waals surface area (Å²) in [6.45, 7) is 1.63. The van der Waals surface area contributed by atoms with Gasteiger partial charge in [-0.25, -0.2) is 9.78 Å². The quantitative estimate of drug-likeness (QED) is 0.223. The third-order valence-corrected chi connectivity index (χ3v) is 4.48. The van der Waals surface area contributed by atoms with Gasteiger partial charge in [-0.1, -0.05) is 11.8 Å². The highest BCUT2D eigenvalue weighted by atomic mass is 32.2. The molecule has 0 atom stereocenters. The monoisotopic (exact) mass is 401 g/mol. The highest BCUT2D eigenvalue weighted by Gasteiger charge is 2.28. The van der Waals surface area contributed by atoms with Crippen molar-refractivity contribution in [1.29, 1.82) is 0 Å². The van der Waals surface area contributed by atoms with Crippen LogP contribution in [0.5, 0.6) is 0 Å². The first-order valence-electron chi connectivity index (χ1n) is 7.65. The molecule has 1 fully saturated rings. The van der Waals surface area contributed by atoms with E-state index in [9.17, 15) is 29.3 Å². The minimum Gasteiger partial charge on any atom is -0.301 e. The van der Waals surface area contributed by atoms with E-state index in [2.05, 4.69) is 9.97 Å². The zero-order chi connectivity index (χ0) is 20.4. The topological polar surface area (TPSA) is 164 Å². The van der Waals surface area contributed by atoms with Crippen LogP contribution in [0.2, 0.25) is 0 Å². The van der Waals surface area contributed by atoms with Crippen LogP contribution in [0.3, 0.4) is 0 Å². The van der Waals surface area contributed by atoms with Gasteiger partial charge in [-0.3, -0.25) is 35.1 Å². The average molecular weight is 401 g/mol. The molecular weight excluding hydrogens is 390 g/mol. The Balaban J connectivity index is 2.08. The molecule has 0 unspecified atom stereocenters. The minimum atomic E-state index is -0.956. The molecule has 0 spiro atoms. The van der Waals surface area contributed by atoms with Crippen LogP contribution in [0.1, 0.15) is 11.3 Å². The first-order chi connectivity index (χ1) is 13.2. The van der Waals surface area contributed by atoms with Gasteiger partial charge in [-0.2, -0.15) is 0 Å². The number of benzene rings is 1. The molecule has 0 radical (unpaired) electrons. The van der Waals surface area contributed by atoms with E-state index < -0.39 is 28.3 Å². The predicted octanol–water partition coefficient (Wildman–Crippen LogP) is 0.887. The van der Waals surface area contributed by atoms with Crippen LogP contribution in [0.4, 0.5) is 10.5 Å². The first kappa shape index (κ1) is 19.0. The Labute approximate surface area is 160 Å². The fourth-order valence-electron chi connectivity index (χ4n) is 2.32. The van der Waals surface area contributed by atoms with Crippen molar-refractivity contribution >= 4 is 41.4 Å². The number of aryl methyl sites for hydroxylation is 1. The number of carbonyl (C=O) groups excluding carboxylic acids is 3. The molecule has 1 aliphatic rings. The van der Waals surface area contributed by atoms with Gasteiger partial charge >= 0.3 is 6.03 Å². The second-order valence-electron chi connectivity index (χ2n) is 5.57. The second-order valence-corrected chi connectivity index (χ2v) is 6.60. The molecule has 3 N–H and O–H groups in total. The number of H-pyrrole nitrogens is 1. The van der Waals surface area contributed by atoms with Crippen molar-refractivity contribution in [2.24, 2.45) is 0 Å². The standard InChI is InChI=1S/C16H11N5O6S/c1-7-4-12(22)18-16(17-7)28-11-3-2-9(21(26)27)5-8(11)6-10-13(23)19-15(25)20-14(10)24/h2-6H,1H3,(H,17,18,22)(H2,19,20,23,24,25). The van der Waals surface area contributed by atoms with Gasteiger partial charge < -0.3 is 4.98 Å². The van der Waals surface area contributed by atoms with Crippen LogP contribution >= 0.6 is 11.8 Å². The van der Waals surface area contributed by atoms with Gasteiger partial charge in [-0.15, -0.1) is 0 Å². The molecule has 4 amide bonds. The SMILES string of the molecule is Cc1cc(=O)[nH]c(Sc2ccc([N+](=O)[O-])cc2C=C2C(=O)NC(=O)NC2=O)n1. The molecule has 11 nitrogen and oxygen atoms in total. The zero-order valence-electron chi connectivity index (χ0n) is 14.1. The number of nitrogens with zero attached hydrogens (tertiary/aromatic N) is 2. The van der Waals surface area contributed by atoms with Crippen molar-refractivity contribution in [2.75, 3.05) is 0 Å². The lowest BCUT2D eigenvalue weighted by molar-refractivity contribution is -0.384. The molecule has 0 aliphatic carbocycles. The van der Waals surface area contributed by atoms with Gasteiger partial charge in [0, 0.05) is 28.8 Å². The Kier molecular flexibility index (Phi) is 5.04. The number of hydrogen-bond acceptors (Lipinski definition) is 8. The normalized spacial score (nSPS) is 13.8. The van der Waals surface area contributed by atoms with Gasteiger partial charge in [0.05, 0.1) is 4.92 Å². The van der Waals surface area contributed by atoms with Gasteiger partial charge in [0.15, 0.2) is 5.16 Å². The van der Waals surface area contributed by atoms with Crippen molar-refractivity contribution in [1.82, 2.24) is 20.6 Å². The number of barbiturate groups is 1. The molecular formula is C16H11N5O6S. The summed E-state index contributed by atoms with van der Waals surface area (Å²) >= 11 is 0.990. The fraction of sp³-hybridized carbons (Fsp3) is 0.0625. The molecule has 1 aliphatic heterocycles. The van der Waals surface area contributed by atoms with E-state index >= 15 is 0 Å². The van der Waals surface area contributed by atoms with Crippen molar-refractivity contribution in [3.8, 4) is 0 Å². The van der Waals surface area contributed by atoms with E-state index in [-0.39, 0.29) is 22.0 Å². The molecule has 1 aromatic carbocycles. The molecule has 28 heavy (non-hydrogen) atoms. The minimum absolute atomic E-state index is 0.165. The number of aromatic amines is 1. The maximum Gasteiger partial charge on any atom is 0.328 e. The van der Waals surface area contributed by atoms with E-state index in [0.29, 0.717) is 10.6 Å². The van der Waals surface area contributed by atoms with Crippen LogP contribution in [-0.2, 0) is 9.59 Å². The Bertz CT molecular complexity index is 1100. The summed E-state index contributed by atoms with van der Waals surface area (Å²) in [6.07, 6.45) is 1.13. The zero-order valence-corrected chi connectivity index (χ0v) is 15.0. The lowest BCUT2D eigenvalue weighted by atomic mass is 10.1. The van der Waals surface area contributed by atoms with E-state index in [4.69, 9.17) is 0 Å². The number of nitro benzene ring substituents is 1. The summed E-state index contributed by atoms with van der Waals surface area (Å²) in [5.74, 6) is -1.86. The largest absolute Gasteiger partial charge is 0.328 e. The van der Waals surface area contributed by atoms with Gasteiger partial charge in [0.2, 0.25) is 0 Å². The van der Waals surface area contributed by atoms with Crippen LogP contribution in [0.15, 0.2) is 44.7 Å². The molecule has 2 heterocycles. The third kappa shape index (κ3) is 4.12. The maximum atomic E-state index is 11.9. The smallest absolute Gasteiger partial charge is 0.301 e. The van der Waals surface area contributed by atoms with Crippen molar-refractivity contribution in [3.05, 3.63) is 61.6 Å². The number of imide groups is 2. The third-order valence-electron chi connectivity index (χ3n) is 3.50. The summed E-state index contributed by atoms with van der Waals surface area (Å²) in [6, 6.07) is 4.16. The number of nitrogens with one attached hydrogen (secondary N) is 3. The number of nitro groups is 1. The maximum absolute atomic E-state index is 11.9.